The van der Waals surface area contributed by atoms with Gasteiger partial charge in [-0.15, -0.1) is 0 Å². The Labute approximate surface area is 152 Å². The van der Waals surface area contributed by atoms with Crippen LogP contribution in [0, 0.1) is 21.4 Å². The first-order valence-corrected chi connectivity index (χ1v) is 8.85. The molecule has 3 rings (SSSR count). The summed E-state index contributed by atoms with van der Waals surface area (Å²) in [6, 6.07) is 12.2. The van der Waals surface area contributed by atoms with E-state index < -0.39 is 25.5 Å². The van der Waals surface area contributed by atoms with E-state index in [1.807, 2.05) is 0 Å². The van der Waals surface area contributed by atoms with Crippen LogP contribution in [-0.2, 0) is 9.84 Å². The number of halogens is 1. The minimum Gasteiger partial charge on any atom is -0.423 e. The van der Waals surface area contributed by atoms with E-state index in [9.17, 15) is 23.8 Å². The highest BCUT2D eigenvalue weighted by Crippen LogP contribution is 2.30. The Kier molecular flexibility index (Phi) is 4.46. The van der Waals surface area contributed by atoms with Crippen LogP contribution in [0.15, 0.2) is 62.9 Å². The van der Waals surface area contributed by atoms with Gasteiger partial charge in [-0.2, -0.15) is 10.2 Å². The van der Waals surface area contributed by atoms with Crippen molar-refractivity contribution in [3.05, 3.63) is 69.4 Å². The highest BCUT2D eigenvalue weighted by atomic mass is 35.5. The van der Waals surface area contributed by atoms with Gasteiger partial charge in [0.2, 0.25) is 15.7 Å². The lowest BCUT2D eigenvalue weighted by Crippen LogP contribution is -2.02. The number of benzene rings is 2. The summed E-state index contributed by atoms with van der Waals surface area (Å²) >= 11 is 5.75. The fraction of sp³-hybridized carbons (Fsp3) is 0. The Bertz CT molecular complexity index is 1130. The Morgan fingerprint density at radius 2 is 1.73 bits per heavy atom. The average molecular weight is 390 g/mol. The van der Waals surface area contributed by atoms with Crippen LogP contribution in [0.4, 0.5) is 5.69 Å². The van der Waals surface area contributed by atoms with Crippen LogP contribution in [-0.4, -0.2) is 18.3 Å². The highest BCUT2D eigenvalue weighted by Gasteiger charge is 2.29. The van der Waals surface area contributed by atoms with Crippen LogP contribution in [0.25, 0.3) is 11.5 Å². The molecule has 0 aliphatic heterocycles. The number of hydrogen-bond donors (Lipinski definition) is 0. The maximum Gasteiger partial charge on any atom is 0.269 e. The lowest BCUT2D eigenvalue weighted by atomic mass is 10.2. The van der Waals surface area contributed by atoms with Crippen molar-refractivity contribution in [3.63, 3.8) is 0 Å². The van der Waals surface area contributed by atoms with Gasteiger partial charge in [-0.3, -0.25) is 10.1 Å². The number of non-ortho nitro benzene ring substituents is 1. The van der Waals surface area contributed by atoms with Crippen LogP contribution in [0.2, 0.25) is 5.02 Å². The molecular weight excluding hydrogens is 382 g/mol. The molecule has 1 heterocycles. The van der Waals surface area contributed by atoms with Gasteiger partial charge in [-0.05, 0) is 36.4 Å². The summed E-state index contributed by atoms with van der Waals surface area (Å²) in [5.41, 5.74) is -0.257. The highest BCUT2D eigenvalue weighted by molar-refractivity contribution is 7.91. The molecule has 0 N–H and O–H groups in total. The number of aromatic nitrogens is 1. The van der Waals surface area contributed by atoms with Gasteiger partial charge in [0.05, 0.1) is 9.82 Å². The van der Waals surface area contributed by atoms with E-state index in [0.717, 1.165) is 0 Å². The number of oxazole rings is 1. The van der Waals surface area contributed by atoms with Crippen molar-refractivity contribution in [2.24, 2.45) is 0 Å². The van der Waals surface area contributed by atoms with Crippen LogP contribution in [0.3, 0.4) is 0 Å². The van der Waals surface area contributed by atoms with Gasteiger partial charge in [0.15, 0.2) is 5.69 Å². The monoisotopic (exact) mass is 389 g/mol. The van der Waals surface area contributed by atoms with E-state index in [0.29, 0.717) is 10.6 Å². The van der Waals surface area contributed by atoms with Crippen LogP contribution >= 0.6 is 11.6 Å². The molecule has 0 fully saturated rings. The fourth-order valence-corrected chi connectivity index (χ4v) is 3.50. The van der Waals surface area contributed by atoms with E-state index in [1.165, 1.54) is 48.5 Å². The minimum atomic E-state index is -4.13. The second-order valence-electron chi connectivity index (χ2n) is 5.03. The molecule has 0 amide bonds. The van der Waals surface area contributed by atoms with E-state index in [2.05, 4.69) is 4.98 Å². The third kappa shape index (κ3) is 3.15. The van der Waals surface area contributed by atoms with Crippen molar-refractivity contribution in [2.75, 3.05) is 0 Å². The molecule has 3 aromatic rings. The number of nitro groups is 1. The van der Waals surface area contributed by atoms with Crippen LogP contribution in [0.1, 0.15) is 5.69 Å². The molecule has 8 nitrogen and oxygen atoms in total. The molecule has 1 aromatic heterocycles. The first-order valence-electron chi connectivity index (χ1n) is 6.99. The van der Waals surface area contributed by atoms with Crippen molar-refractivity contribution >= 4 is 27.1 Å². The van der Waals surface area contributed by atoms with Gasteiger partial charge in [0.1, 0.15) is 6.07 Å². The number of rotatable bonds is 4. The summed E-state index contributed by atoms with van der Waals surface area (Å²) in [4.78, 5) is 13.9. The predicted molar refractivity (Wildman–Crippen MR) is 90.2 cm³/mol. The van der Waals surface area contributed by atoms with E-state index in [4.69, 9.17) is 16.0 Å². The van der Waals surface area contributed by atoms with E-state index >= 15 is 0 Å². The SMILES string of the molecule is N#Cc1nc(-c2ccc([N+](=O)[O-])cc2)oc1S(=O)(=O)c1ccc(Cl)cc1. The third-order valence-corrected chi connectivity index (χ3v) is 5.30. The normalized spacial score (nSPS) is 11.1. The molecule has 26 heavy (non-hydrogen) atoms. The van der Waals surface area contributed by atoms with Gasteiger partial charge in [-0.1, -0.05) is 11.6 Å². The molecule has 0 atom stereocenters. The topological polar surface area (TPSA) is 127 Å². The molecule has 0 aliphatic carbocycles. The van der Waals surface area contributed by atoms with Crippen molar-refractivity contribution in [2.45, 2.75) is 9.99 Å². The quantitative estimate of drug-likeness (QED) is 0.492. The summed E-state index contributed by atoms with van der Waals surface area (Å²) in [6.45, 7) is 0. The Hall–Kier alpha value is -3.22. The average Bonchev–Trinajstić information content (AvgIpc) is 3.07. The summed E-state index contributed by atoms with van der Waals surface area (Å²) in [6.07, 6.45) is 0. The zero-order valence-corrected chi connectivity index (χ0v) is 14.4. The lowest BCUT2D eigenvalue weighted by molar-refractivity contribution is -0.384. The second-order valence-corrected chi connectivity index (χ2v) is 7.31. The number of sulfone groups is 1. The summed E-state index contributed by atoms with van der Waals surface area (Å²) in [7, 11) is -4.13. The number of nitrogens with zero attached hydrogens (tertiary/aromatic N) is 3. The number of nitriles is 1. The minimum absolute atomic E-state index is 0.107. The Balaban J connectivity index is 2.08. The molecule has 0 saturated heterocycles. The number of nitro benzene ring substituents is 1. The summed E-state index contributed by atoms with van der Waals surface area (Å²) in [5, 5.41) is 19.7. The zero-order valence-electron chi connectivity index (χ0n) is 12.8. The van der Waals surface area contributed by atoms with Crippen molar-refractivity contribution in [3.8, 4) is 17.5 Å². The van der Waals surface area contributed by atoms with Crippen LogP contribution < -0.4 is 0 Å². The molecule has 10 heteroatoms. The van der Waals surface area contributed by atoms with E-state index in [1.54, 1.807) is 6.07 Å². The van der Waals surface area contributed by atoms with Gasteiger partial charge in [0, 0.05) is 22.7 Å². The lowest BCUT2D eigenvalue weighted by Gasteiger charge is -2.01. The molecule has 0 saturated carbocycles. The maximum absolute atomic E-state index is 12.7. The second kappa shape index (κ2) is 6.59. The molecular formula is C16H8ClN3O5S. The first kappa shape index (κ1) is 17.6. The molecule has 0 bridgehead atoms. The maximum atomic E-state index is 12.7. The Morgan fingerprint density at radius 1 is 1.12 bits per heavy atom. The molecule has 130 valence electrons. The largest absolute Gasteiger partial charge is 0.423 e. The fourth-order valence-electron chi connectivity index (χ4n) is 2.13. The van der Waals surface area contributed by atoms with Gasteiger partial charge < -0.3 is 4.42 Å². The van der Waals surface area contributed by atoms with Crippen molar-refractivity contribution in [1.82, 2.24) is 4.98 Å². The Morgan fingerprint density at radius 3 is 2.27 bits per heavy atom. The standard InChI is InChI=1S/C16H8ClN3O5S/c17-11-3-7-13(8-4-11)26(23,24)16-14(9-18)19-15(25-16)10-1-5-12(6-2-10)20(21)22/h1-8H. The van der Waals surface area contributed by atoms with Crippen molar-refractivity contribution in [1.29, 1.82) is 5.26 Å². The molecule has 0 unspecified atom stereocenters. The van der Waals surface area contributed by atoms with Crippen molar-refractivity contribution < 1.29 is 17.8 Å². The smallest absolute Gasteiger partial charge is 0.269 e. The predicted octanol–water partition coefficient (Wildman–Crippen LogP) is 3.61. The van der Waals surface area contributed by atoms with Gasteiger partial charge in [-0.25, -0.2) is 8.42 Å². The molecule has 0 spiro atoms. The summed E-state index contributed by atoms with van der Waals surface area (Å²) < 4.78 is 30.7. The van der Waals surface area contributed by atoms with E-state index in [-0.39, 0.29) is 16.5 Å². The van der Waals surface area contributed by atoms with Gasteiger partial charge >= 0.3 is 0 Å². The molecule has 0 aliphatic rings. The summed E-state index contributed by atoms with van der Waals surface area (Å²) in [5.74, 6) is -0.135. The first-order chi connectivity index (χ1) is 12.3. The number of hydrogen-bond acceptors (Lipinski definition) is 7. The van der Waals surface area contributed by atoms with Crippen LogP contribution in [0.5, 0.6) is 0 Å². The molecule has 0 radical (unpaired) electrons. The zero-order chi connectivity index (χ0) is 18.9. The molecule has 2 aromatic carbocycles. The van der Waals surface area contributed by atoms with Gasteiger partial charge in [0.25, 0.3) is 10.8 Å². The third-order valence-electron chi connectivity index (χ3n) is 3.40.